The minimum atomic E-state index is -0.937. The van der Waals surface area contributed by atoms with Crippen molar-refractivity contribution in [2.24, 2.45) is 0 Å². The van der Waals surface area contributed by atoms with Gasteiger partial charge in [-0.3, -0.25) is 0 Å². The van der Waals surface area contributed by atoms with Crippen LogP contribution in [0.2, 0.25) is 0 Å². The van der Waals surface area contributed by atoms with Crippen LogP contribution in [0.1, 0.15) is 43.0 Å². The van der Waals surface area contributed by atoms with Gasteiger partial charge < -0.3 is 9.84 Å². The number of halogens is 1. The maximum Gasteiger partial charge on any atom is 0.335 e. The molecule has 94 valence electrons. The summed E-state index contributed by atoms with van der Waals surface area (Å²) in [6, 6.07) is 4.80. The van der Waals surface area contributed by atoms with E-state index >= 15 is 0 Å². The second kappa shape index (κ2) is 7.33. The van der Waals surface area contributed by atoms with Crippen LogP contribution in [0, 0.1) is 0 Å². The summed E-state index contributed by atoms with van der Waals surface area (Å²) in [5.41, 5.74) is 0.247. The van der Waals surface area contributed by atoms with E-state index in [1.165, 1.54) is 12.8 Å². The largest absolute Gasteiger partial charge is 0.492 e. The van der Waals surface area contributed by atoms with Crippen LogP contribution in [0.3, 0.4) is 0 Å². The SMILES string of the molecule is CCCCCCOc1cc(C(=O)O)ccc1Br. The second-order valence-electron chi connectivity index (χ2n) is 3.86. The van der Waals surface area contributed by atoms with Crippen molar-refractivity contribution >= 4 is 21.9 Å². The highest BCUT2D eigenvalue weighted by molar-refractivity contribution is 9.10. The summed E-state index contributed by atoms with van der Waals surface area (Å²) in [4.78, 5) is 10.8. The molecule has 0 radical (unpaired) electrons. The van der Waals surface area contributed by atoms with Gasteiger partial charge in [0, 0.05) is 0 Å². The zero-order chi connectivity index (χ0) is 12.7. The Balaban J connectivity index is 2.51. The number of carboxylic acids is 1. The summed E-state index contributed by atoms with van der Waals surface area (Å²) in [7, 11) is 0. The molecule has 17 heavy (non-hydrogen) atoms. The van der Waals surface area contributed by atoms with E-state index in [9.17, 15) is 4.79 Å². The van der Waals surface area contributed by atoms with Crippen LogP contribution in [0.5, 0.6) is 5.75 Å². The minimum Gasteiger partial charge on any atom is -0.492 e. The van der Waals surface area contributed by atoms with Gasteiger partial charge in [-0.2, -0.15) is 0 Å². The van der Waals surface area contributed by atoms with Gasteiger partial charge in [-0.25, -0.2) is 4.79 Å². The van der Waals surface area contributed by atoms with Gasteiger partial charge in [-0.15, -0.1) is 0 Å². The number of rotatable bonds is 7. The Hall–Kier alpha value is -1.03. The predicted molar refractivity (Wildman–Crippen MR) is 70.7 cm³/mol. The van der Waals surface area contributed by atoms with Gasteiger partial charge >= 0.3 is 5.97 Å². The Kier molecular flexibility index (Phi) is 6.05. The molecule has 1 aromatic rings. The van der Waals surface area contributed by atoms with E-state index in [-0.39, 0.29) is 5.56 Å². The second-order valence-corrected chi connectivity index (χ2v) is 4.71. The van der Waals surface area contributed by atoms with Crippen molar-refractivity contribution in [3.63, 3.8) is 0 Å². The standard InChI is InChI=1S/C13H17BrO3/c1-2-3-4-5-8-17-12-9-10(13(15)16)6-7-11(12)14/h6-7,9H,2-5,8H2,1H3,(H,15,16). The lowest BCUT2D eigenvalue weighted by Crippen LogP contribution is -2.01. The minimum absolute atomic E-state index is 0.247. The van der Waals surface area contributed by atoms with Crippen LogP contribution in [-0.4, -0.2) is 17.7 Å². The molecule has 0 heterocycles. The van der Waals surface area contributed by atoms with Gasteiger partial charge in [0.15, 0.2) is 0 Å². The van der Waals surface area contributed by atoms with Crippen molar-refractivity contribution in [1.29, 1.82) is 0 Å². The fourth-order valence-electron chi connectivity index (χ4n) is 1.46. The Morgan fingerprint density at radius 3 is 2.76 bits per heavy atom. The van der Waals surface area contributed by atoms with Gasteiger partial charge in [-0.05, 0) is 40.5 Å². The molecule has 0 atom stereocenters. The van der Waals surface area contributed by atoms with Crippen molar-refractivity contribution in [2.45, 2.75) is 32.6 Å². The van der Waals surface area contributed by atoms with E-state index in [1.807, 2.05) is 0 Å². The number of benzene rings is 1. The summed E-state index contributed by atoms with van der Waals surface area (Å²) in [5, 5.41) is 8.87. The van der Waals surface area contributed by atoms with Crippen molar-refractivity contribution in [2.75, 3.05) is 6.61 Å². The van der Waals surface area contributed by atoms with Gasteiger partial charge in [0.05, 0.1) is 16.6 Å². The Labute approximate surface area is 110 Å². The highest BCUT2D eigenvalue weighted by atomic mass is 79.9. The summed E-state index contributed by atoms with van der Waals surface area (Å²) < 4.78 is 6.35. The first-order valence-electron chi connectivity index (χ1n) is 5.80. The zero-order valence-corrected chi connectivity index (χ0v) is 11.5. The molecule has 1 rings (SSSR count). The smallest absolute Gasteiger partial charge is 0.335 e. The van der Waals surface area contributed by atoms with Crippen LogP contribution >= 0.6 is 15.9 Å². The van der Waals surface area contributed by atoms with E-state index in [2.05, 4.69) is 22.9 Å². The number of aromatic carboxylic acids is 1. The van der Waals surface area contributed by atoms with Crippen LogP contribution in [0.4, 0.5) is 0 Å². The van der Waals surface area contributed by atoms with Gasteiger partial charge in [0.2, 0.25) is 0 Å². The third-order valence-electron chi connectivity index (χ3n) is 2.43. The Bertz CT molecular complexity index is 377. The molecular formula is C13H17BrO3. The van der Waals surface area contributed by atoms with Gasteiger partial charge in [0.25, 0.3) is 0 Å². The molecule has 0 amide bonds. The summed E-state index contributed by atoms with van der Waals surface area (Å²) >= 11 is 3.34. The summed E-state index contributed by atoms with van der Waals surface area (Å²) in [6.07, 6.45) is 4.54. The van der Waals surface area contributed by atoms with Gasteiger partial charge in [0.1, 0.15) is 5.75 Å². The molecule has 0 aromatic heterocycles. The first-order valence-corrected chi connectivity index (χ1v) is 6.60. The van der Waals surface area contributed by atoms with Crippen LogP contribution < -0.4 is 4.74 Å². The van der Waals surface area contributed by atoms with Crippen molar-refractivity contribution in [3.05, 3.63) is 28.2 Å². The van der Waals surface area contributed by atoms with Crippen molar-refractivity contribution in [3.8, 4) is 5.75 Å². The van der Waals surface area contributed by atoms with Gasteiger partial charge in [-0.1, -0.05) is 26.2 Å². The third-order valence-corrected chi connectivity index (χ3v) is 3.09. The lowest BCUT2D eigenvalue weighted by atomic mass is 10.2. The molecule has 0 unspecified atom stereocenters. The molecule has 4 heteroatoms. The van der Waals surface area contributed by atoms with E-state index in [0.717, 1.165) is 17.3 Å². The summed E-state index contributed by atoms with van der Waals surface area (Å²) in [5.74, 6) is -0.338. The van der Waals surface area contributed by atoms with Crippen LogP contribution in [0.25, 0.3) is 0 Å². The third kappa shape index (κ3) is 4.77. The van der Waals surface area contributed by atoms with E-state index < -0.39 is 5.97 Å². The van der Waals surface area contributed by atoms with Crippen LogP contribution in [0.15, 0.2) is 22.7 Å². The highest BCUT2D eigenvalue weighted by Crippen LogP contribution is 2.26. The topological polar surface area (TPSA) is 46.5 Å². The molecule has 0 aliphatic carbocycles. The van der Waals surface area contributed by atoms with Crippen LogP contribution in [-0.2, 0) is 0 Å². The maximum absolute atomic E-state index is 10.8. The molecule has 1 aromatic carbocycles. The quantitative estimate of drug-likeness (QED) is 0.771. The first kappa shape index (κ1) is 14.0. The zero-order valence-electron chi connectivity index (χ0n) is 9.91. The monoisotopic (exact) mass is 300 g/mol. The van der Waals surface area contributed by atoms with Crippen molar-refractivity contribution in [1.82, 2.24) is 0 Å². The first-order chi connectivity index (χ1) is 8.15. The fourth-order valence-corrected chi connectivity index (χ4v) is 1.82. The normalized spacial score (nSPS) is 10.2. The molecule has 0 spiro atoms. The molecular weight excluding hydrogens is 284 g/mol. The van der Waals surface area contributed by atoms with Crippen molar-refractivity contribution < 1.29 is 14.6 Å². The molecule has 3 nitrogen and oxygen atoms in total. The number of unbranched alkanes of at least 4 members (excludes halogenated alkanes) is 3. The molecule has 0 saturated heterocycles. The molecule has 0 fully saturated rings. The number of ether oxygens (including phenoxy) is 1. The highest BCUT2D eigenvalue weighted by Gasteiger charge is 2.07. The average Bonchev–Trinajstić information content (AvgIpc) is 2.30. The molecule has 1 N–H and O–H groups in total. The molecule has 0 aliphatic heterocycles. The van der Waals surface area contributed by atoms with E-state index in [0.29, 0.717) is 12.4 Å². The molecule has 0 saturated carbocycles. The van der Waals surface area contributed by atoms with E-state index in [1.54, 1.807) is 18.2 Å². The summed E-state index contributed by atoms with van der Waals surface area (Å²) in [6.45, 7) is 2.79. The molecule has 0 aliphatic rings. The predicted octanol–water partition coefficient (Wildman–Crippen LogP) is 4.11. The number of carboxylic acid groups (broad SMARTS) is 1. The van der Waals surface area contributed by atoms with E-state index in [4.69, 9.17) is 9.84 Å². The average molecular weight is 301 g/mol. The lowest BCUT2D eigenvalue weighted by Gasteiger charge is -2.08. The lowest BCUT2D eigenvalue weighted by molar-refractivity contribution is 0.0696. The Morgan fingerprint density at radius 2 is 2.12 bits per heavy atom. The number of hydrogen-bond donors (Lipinski definition) is 1. The molecule has 0 bridgehead atoms. The fraction of sp³-hybridized carbons (Fsp3) is 0.462. The Morgan fingerprint density at radius 1 is 1.35 bits per heavy atom. The maximum atomic E-state index is 10.8. The number of hydrogen-bond acceptors (Lipinski definition) is 2. The number of carbonyl (C=O) groups is 1.